The molecule has 0 radical (unpaired) electrons. The Bertz CT molecular complexity index is 470. The Balaban J connectivity index is 2.50. The lowest BCUT2D eigenvalue weighted by Crippen LogP contribution is -2.25. The summed E-state index contributed by atoms with van der Waals surface area (Å²) in [5.74, 6) is -0.903. The van der Waals surface area contributed by atoms with Crippen LogP contribution in [-0.2, 0) is 17.6 Å². The van der Waals surface area contributed by atoms with Crippen LogP contribution in [0.3, 0.4) is 0 Å². The van der Waals surface area contributed by atoms with E-state index in [1.165, 1.54) is 0 Å². The SMILES string of the molecule is CCCc1nc2c(cc1C(=O)O)C(C)OC(C)C2. The third-order valence-corrected chi connectivity index (χ3v) is 3.29. The monoisotopic (exact) mass is 249 g/mol. The van der Waals surface area contributed by atoms with Gasteiger partial charge in [-0.15, -0.1) is 0 Å². The van der Waals surface area contributed by atoms with Crippen molar-refractivity contribution in [1.29, 1.82) is 0 Å². The van der Waals surface area contributed by atoms with E-state index in [1.54, 1.807) is 6.07 Å². The van der Waals surface area contributed by atoms with E-state index in [-0.39, 0.29) is 12.2 Å². The maximum absolute atomic E-state index is 11.3. The summed E-state index contributed by atoms with van der Waals surface area (Å²) in [5, 5.41) is 9.25. The molecule has 2 heterocycles. The Morgan fingerprint density at radius 2 is 2.28 bits per heavy atom. The summed E-state index contributed by atoms with van der Waals surface area (Å²) < 4.78 is 5.71. The summed E-state index contributed by atoms with van der Waals surface area (Å²) in [4.78, 5) is 15.8. The molecule has 0 fully saturated rings. The lowest BCUT2D eigenvalue weighted by atomic mass is 9.96. The van der Waals surface area contributed by atoms with Crippen LogP contribution in [0.15, 0.2) is 6.07 Å². The molecule has 98 valence electrons. The van der Waals surface area contributed by atoms with E-state index in [2.05, 4.69) is 4.98 Å². The summed E-state index contributed by atoms with van der Waals surface area (Å²) in [7, 11) is 0. The number of fused-ring (bicyclic) bond motifs is 1. The smallest absolute Gasteiger partial charge is 0.337 e. The van der Waals surface area contributed by atoms with Gasteiger partial charge >= 0.3 is 5.97 Å². The van der Waals surface area contributed by atoms with Crippen molar-refractivity contribution in [2.75, 3.05) is 0 Å². The standard InChI is InChI=1S/C14H19NO3/c1-4-5-12-11(14(16)17)7-10-9(3)18-8(2)6-13(10)15-12/h7-9H,4-6H2,1-3H3,(H,16,17). The molecule has 0 spiro atoms. The lowest BCUT2D eigenvalue weighted by molar-refractivity contribution is -0.00606. The second-order valence-electron chi connectivity index (χ2n) is 4.87. The molecule has 0 saturated heterocycles. The second kappa shape index (κ2) is 5.06. The third kappa shape index (κ3) is 2.38. The number of rotatable bonds is 3. The number of aryl methyl sites for hydroxylation is 1. The predicted octanol–water partition coefficient (Wildman–Crippen LogP) is 2.75. The van der Waals surface area contributed by atoms with Crippen molar-refractivity contribution in [3.05, 3.63) is 28.6 Å². The van der Waals surface area contributed by atoms with Gasteiger partial charge in [-0.1, -0.05) is 13.3 Å². The van der Waals surface area contributed by atoms with Gasteiger partial charge in [-0.05, 0) is 26.3 Å². The van der Waals surface area contributed by atoms with E-state index in [1.807, 2.05) is 20.8 Å². The van der Waals surface area contributed by atoms with E-state index in [0.29, 0.717) is 17.7 Å². The molecular weight excluding hydrogens is 230 g/mol. The summed E-state index contributed by atoms with van der Waals surface area (Å²) in [5.41, 5.74) is 2.94. The highest BCUT2D eigenvalue weighted by Gasteiger charge is 2.26. The van der Waals surface area contributed by atoms with Crippen LogP contribution in [0.4, 0.5) is 0 Å². The third-order valence-electron chi connectivity index (χ3n) is 3.29. The Hall–Kier alpha value is -1.42. The van der Waals surface area contributed by atoms with Crippen molar-refractivity contribution in [1.82, 2.24) is 4.98 Å². The van der Waals surface area contributed by atoms with Gasteiger partial charge in [0.2, 0.25) is 0 Å². The molecule has 1 aromatic heterocycles. The Morgan fingerprint density at radius 3 is 2.89 bits per heavy atom. The second-order valence-corrected chi connectivity index (χ2v) is 4.87. The van der Waals surface area contributed by atoms with Crippen molar-refractivity contribution in [2.45, 2.75) is 52.2 Å². The topological polar surface area (TPSA) is 59.4 Å². The largest absolute Gasteiger partial charge is 0.478 e. The van der Waals surface area contributed by atoms with Crippen LogP contribution in [-0.4, -0.2) is 22.2 Å². The molecule has 0 saturated carbocycles. The summed E-state index contributed by atoms with van der Waals surface area (Å²) in [6.07, 6.45) is 2.43. The zero-order valence-electron chi connectivity index (χ0n) is 11.1. The molecule has 1 N–H and O–H groups in total. The molecule has 2 atom stereocenters. The normalized spacial score (nSPS) is 22.6. The van der Waals surface area contributed by atoms with Gasteiger partial charge in [0.15, 0.2) is 0 Å². The number of carbonyl (C=O) groups is 1. The van der Waals surface area contributed by atoms with Crippen LogP contribution in [0.25, 0.3) is 0 Å². The Morgan fingerprint density at radius 1 is 1.56 bits per heavy atom. The van der Waals surface area contributed by atoms with Crippen LogP contribution in [0.1, 0.15) is 60.6 Å². The minimum Gasteiger partial charge on any atom is -0.478 e. The Labute approximate surface area is 107 Å². The number of hydrogen-bond donors (Lipinski definition) is 1. The fourth-order valence-corrected chi connectivity index (χ4v) is 2.48. The highest BCUT2D eigenvalue weighted by molar-refractivity contribution is 5.89. The van der Waals surface area contributed by atoms with E-state index < -0.39 is 5.97 Å². The first kappa shape index (κ1) is 13.0. The van der Waals surface area contributed by atoms with Crippen molar-refractivity contribution in [3.63, 3.8) is 0 Å². The van der Waals surface area contributed by atoms with Gasteiger partial charge in [-0.3, -0.25) is 4.98 Å². The average molecular weight is 249 g/mol. The van der Waals surface area contributed by atoms with Gasteiger partial charge in [-0.2, -0.15) is 0 Å². The molecule has 0 bridgehead atoms. The van der Waals surface area contributed by atoms with Gasteiger partial charge in [-0.25, -0.2) is 4.79 Å². The molecule has 2 unspecified atom stereocenters. The zero-order valence-corrected chi connectivity index (χ0v) is 11.1. The number of aromatic nitrogens is 1. The maximum atomic E-state index is 11.3. The van der Waals surface area contributed by atoms with Gasteiger partial charge in [0.25, 0.3) is 0 Å². The van der Waals surface area contributed by atoms with Gasteiger partial charge in [0.05, 0.1) is 23.5 Å². The van der Waals surface area contributed by atoms with E-state index >= 15 is 0 Å². The highest BCUT2D eigenvalue weighted by Crippen LogP contribution is 2.30. The molecule has 0 aliphatic carbocycles. The lowest BCUT2D eigenvalue weighted by Gasteiger charge is -2.28. The molecular formula is C14H19NO3. The van der Waals surface area contributed by atoms with Gasteiger partial charge in [0.1, 0.15) is 0 Å². The fraction of sp³-hybridized carbons (Fsp3) is 0.571. The van der Waals surface area contributed by atoms with E-state index in [4.69, 9.17) is 4.74 Å². The number of carboxylic acids is 1. The van der Waals surface area contributed by atoms with Crippen molar-refractivity contribution in [3.8, 4) is 0 Å². The minimum atomic E-state index is -0.903. The molecule has 0 amide bonds. The van der Waals surface area contributed by atoms with Gasteiger partial charge < -0.3 is 9.84 Å². The molecule has 1 aliphatic heterocycles. The average Bonchev–Trinajstić information content (AvgIpc) is 2.27. The van der Waals surface area contributed by atoms with Crippen molar-refractivity contribution < 1.29 is 14.6 Å². The fourth-order valence-electron chi connectivity index (χ4n) is 2.48. The minimum absolute atomic E-state index is 0.0787. The van der Waals surface area contributed by atoms with Gasteiger partial charge in [0, 0.05) is 17.7 Å². The Kier molecular flexibility index (Phi) is 3.66. The van der Waals surface area contributed by atoms with Crippen molar-refractivity contribution >= 4 is 5.97 Å². The van der Waals surface area contributed by atoms with E-state index in [0.717, 1.165) is 24.1 Å². The summed E-state index contributed by atoms with van der Waals surface area (Å²) in [6.45, 7) is 5.99. The van der Waals surface area contributed by atoms with E-state index in [9.17, 15) is 9.90 Å². The first-order valence-electron chi connectivity index (χ1n) is 6.44. The number of aromatic carboxylic acids is 1. The maximum Gasteiger partial charge on any atom is 0.337 e. The summed E-state index contributed by atoms with van der Waals surface area (Å²) >= 11 is 0. The first-order valence-corrected chi connectivity index (χ1v) is 6.44. The van der Waals surface area contributed by atoms with Crippen LogP contribution in [0.2, 0.25) is 0 Å². The van der Waals surface area contributed by atoms with Crippen LogP contribution in [0, 0.1) is 0 Å². The molecule has 4 nitrogen and oxygen atoms in total. The highest BCUT2D eigenvalue weighted by atomic mass is 16.5. The predicted molar refractivity (Wildman–Crippen MR) is 67.9 cm³/mol. The quantitative estimate of drug-likeness (QED) is 0.894. The molecule has 1 aromatic rings. The number of ether oxygens (including phenoxy) is 1. The number of nitrogens with zero attached hydrogens (tertiary/aromatic N) is 1. The zero-order chi connectivity index (χ0) is 13.3. The van der Waals surface area contributed by atoms with Crippen LogP contribution in [0.5, 0.6) is 0 Å². The number of hydrogen-bond acceptors (Lipinski definition) is 3. The number of pyridine rings is 1. The summed E-state index contributed by atoms with van der Waals surface area (Å²) in [6, 6.07) is 1.74. The molecule has 0 aromatic carbocycles. The van der Waals surface area contributed by atoms with Crippen molar-refractivity contribution in [2.24, 2.45) is 0 Å². The molecule has 2 rings (SSSR count). The van der Waals surface area contributed by atoms with Crippen LogP contribution < -0.4 is 0 Å². The molecule has 1 aliphatic rings. The molecule has 18 heavy (non-hydrogen) atoms. The first-order chi connectivity index (χ1) is 8.52. The van der Waals surface area contributed by atoms with Crippen LogP contribution >= 0.6 is 0 Å². The number of carboxylic acid groups (broad SMARTS) is 1. The molecule has 4 heteroatoms.